The fourth-order valence-corrected chi connectivity index (χ4v) is 3.04. The number of carbonyl (C=O) groups is 2. The average Bonchev–Trinajstić information content (AvgIpc) is 3.10. The first-order valence-electron chi connectivity index (χ1n) is 9.01. The second kappa shape index (κ2) is 8.59. The molecule has 0 saturated carbocycles. The maximum absolute atomic E-state index is 12.8. The maximum atomic E-state index is 12.8. The predicted octanol–water partition coefficient (Wildman–Crippen LogP) is 1.68. The molecule has 150 valence electrons. The van der Waals surface area contributed by atoms with E-state index in [1.54, 1.807) is 24.0 Å². The van der Waals surface area contributed by atoms with Crippen LogP contribution in [0.5, 0.6) is 5.88 Å². The van der Waals surface area contributed by atoms with Crippen LogP contribution in [0.3, 0.4) is 0 Å². The Morgan fingerprint density at radius 3 is 2.71 bits per heavy atom. The third kappa shape index (κ3) is 4.16. The van der Waals surface area contributed by atoms with E-state index in [0.29, 0.717) is 49.7 Å². The number of likely N-dealkylation sites (tertiary alicyclic amines) is 1. The molecule has 1 saturated heterocycles. The highest BCUT2D eigenvalue weighted by Crippen LogP contribution is 2.28. The topological polar surface area (TPSA) is 133 Å². The Balaban J connectivity index is 1.67. The summed E-state index contributed by atoms with van der Waals surface area (Å²) in [5.74, 6) is 0.00556. The Kier molecular flexibility index (Phi) is 5.97. The number of aromatic nitrogens is 2. The zero-order chi connectivity index (χ0) is 20.1. The van der Waals surface area contributed by atoms with Gasteiger partial charge in [0.2, 0.25) is 11.8 Å². The second-order valence-corrected chi connectivity index (χ2v) is 6.29. The summed E-state index contributed by atoms with van der Waals surface area (Å²) in [6, 6.07) is 3.29. The lowest BCUT2D eigenvalue weighted by Gasteiger charge is -2.31. The number of nitrogens with one attached hydrogen (secondary N) is 1. The number of ether oxygens (including phenoxy) is 2. The molecule has 0 atom stereocenters. The largest absolute Gasteiger partial charge is 0.481 e. The fraction of sp³-hybridized carbons (Fsp3) is 0.444. The van der Waals surface area contributed by atoms with Gasteiger partial charge >= 0.3 is 6.09 Å². The van der Waals surface area contributed by atoms with Crippen molar-refractivity contribution in [1.82, 2.24) is 20.4 Å². The Bertz CT molecular complexity index is 827. The van der Waals surface area contributed by atoms with E-state index < -0.39 is 0 Å². The van der Waals surface area contributed by atoms with Gasteiger partial charge in [-0.2, -0.15) is 0 Å². The molecule has 0 bridgehead atoms. The Hall–Kier alpha value is -3.30. The molecule has 0 aliphatic carbocycles. The van der Waals surface area contributed by atoms with E-state index in [9.17, 15) is 9.59 Å². The first kappa shape index (κ1) is 19.5. The molecule has 1 aliphatic rings. The molecule has 1 aliphatic heterocycles. The van der Waals surface area contributed by atoms with Crippen LogP contribution in [0, 0.1) is 0 Å². The standard InChI is InChI=1S/C18H23N5O5/c1-3-27-18(25)23-8-6-12(7-9-23)21-17(24)14-15(22-28-16(14)19)11-4-5-13(26-2)20-10-11/h4-5,10,12H,3,6-9,19H2,1-2H3,(H,21,24). The van der Waals surface area contributed by atoms with E-state index in [-0.39, 0.29) is 29.5 Å². The lowest BCUT2D eigenvalue weighted by molar-refractivity contribution is 0.0861. The Morgan fingerprint density at radius 1 is 1.36 bits per heavy atom. The minimum absolute atomic E-state index is 0.0627. The summed E-state index contributed by atoms with van der Waals surface area (Å²) in [5.41, 5.74) is 6.90. The lowest BCUT2D eigenvalue weighted by Crippen LogP contribution is -2.46. The first-order chi connectivity index (χ1) is 13.5. The Morgan fingerprint density at radius 2 is 2.11 bits per heavy atom. The maximum Gasteiger partial charge on any atom is 0.409 e. The predicted molar refractivity (Wildman–Crippen MR) is 99.8 cm³/mol. The van der Waals surface area contributed by atoms with E-state index in [1.165, 1.54) is 13.3 Å². The molecule has 1 fully saturated rings. The Labute approximate surface area is 162 Å². The molecule has 3 heterocycles. The van der Waals surface area contributed by atoms with Crippen molar-refractivity contribution in [1.29, 1.82) is 0 Å². The molecule has 0 spiro atoms. The van der Waals surface area contributed by atoms with Gasteiger partial charge in [-0.3, -0.25) is 4.79 Å². The van der Waals surface area contributed by atoms with Gasteiger partial charge in [0.15, 0.2) is 0 Å². The zero-order valence-electron chi connectivity index (χ0n) is 15.8. The van der Waals surface area contributed by atoms with Gasteiger partial charge in [0.1, 0.15) is 11.3 Å². The first-order valence-corrected chi connectivity index (χ1v) is 9.01. The number of piperidine rings is 1. The van der Waals surface area contributed by atoms with Crippen molar-refractivity contribution in [3.05, 3.63) is 23.9 Å². The minimum atomic E-state index is -0.376. The molecule has 3 rings (SSSR count). The van der Waals surface area contributed by atoms with E-state index in [1.807, 2.05) is 0 Å². The smallest absolute Gasteiger partial charge is 0.409 e. The summed E-state index contributed by atoms with van der Waals surface area (Å²) in [6.07, 6.45) is 2.44. The molecule has 10 nitrogen and oxygen atoms in total. The highest BCUT2D eigenvalue weighted by Gasteiger charge is 2.28. The number of amides is 2. The van der Waals surface area contributed by atoms with Crippen molar-refractivity contribution in [3.8, 4) is 17.1 Å². The third-order valence-corrected chi connectivity index (χ3v) is 4.52. The quantitative estimate of drug-likeness (QED) is 0.789. The molecule has 0 aromatic carbocycles. The monoisotopic (exact) mass is 389 g/mol. The highest BCUT2D eigenvalue weighted by molar-refractivity contribution is 6.03. The van der Waals surface area contributed by atoms with E-state index >= 15 is 0 Å². The van der Waals surface area contributed by atoms with E-state index in [0.717, 1.165) is 0 Å². The van der Waals surface area contributed by atoms with Gasteiger partial charge in [-0.15, -0.1) is 0 Å². The van der Waals surface area contributed by atoms with Crippen LogP contribution >= 0.6 is 0 Å². The molecule has 0 radical (unpaired) electrons. The number of nitrogens with two attached hydrogens (primary N) is 1. The number of hydrogen-bond acceptors (Lipinski definition) is 8. The number of nitrogen functional groups attached to an aromatic ring is 1. The summed E-state index contributed by atoms with van der Waals surface area (Å²) >= 11 is 0. The summed E-state index contributed by atoms with van der Waals surface area (Å²) in [4.78, 5) is 30.3. The van der Waals surface area contributed by atoms with Gasteiger partial charge in [-0.25, -0.2) is 9.78 Å². The van der Waals surface area contributed by atoms with Crippen molar-refractivity contribution < 1.29 is 23.6 Å². The van der Waals surface area contributed by atoms with Crippen LogP contribution < -0.4 is 15.8 Å². The molecular weight excluding hydrogens is 366 g/mol. The van der Waals surface area contributed by atoms with E-state index in [2.05, 4.69) is 15.5 Å². The molecule has 2 amide bonds. The van der Waals surface area contributed by atoms with E-state index in [4.69, 9.17) is 19.7 Å². The van der Waals surface area contributed by atoms with Gasteiger partial charge in [0, 0.05) is 37.0 Å². The van der Waals surface area contributed by atoms with Gasteiger partial charge in [0.25, 0.3) is 5.91 Å². The van der Waals surface area contributed by atoms with Crippen molar-refractivity contribution in [2.45, 2.75) is 25.8 Å². The van der Waals surface area contributed by atoms with Crippen LogP contribution in [0.4, 0.5) is 10.7 Å². The SMILES string of the molecule is CCOC(=O)N1CCC(NC(=O)c2c(-c3ccc(OC)nc3)noc2N)CC1. The van der Waals surface area contributed by atoms with Crippen molar-refractivity contribution in [2.75, 3.05) is 32.5 Å². The molecule has 0 unspecified atom stereocenters. The van der Waals surface area contributed by atoms with Crippen LogP contribution in [-0.2, 0) is 4.74 Å². The van der Waals surface area contributed by atoms with Gasteiger partial charge in [0.05, 0.1) is 13.7 Å². The van der Waals surface area contributed by atoms with Crippen molar-refractivity contribution in [2.24, 2.45) is 0 Å². The van der Waals surface area contributed by atoms with Gasteiger partial charge in [-0.05, 0) is 25.8 Å². The fourth-order valence-electron chi connectivity index (χ4n) is 3.04. The molecular formula is C18H23N5O5. The highest BCUT2D eigenvalue weighted by atomic mass is 16.6. The van der Waals surface area contributed by atoms with Gasteiger partial charge in [-0.1, -0.05) is 5.16 Å². The van der Waals surface area contributed by atoms with Crippen LogP contribution in [0.25, 0.3) is 11.3 Å². The van der Waals surface area contributed by atoms with Crippen molar-refractivity contribution >= 4 is 17.9 Å². The summed E-state index contributed by atoms with van der Waals surface area (Å²) in [5, 5.41) is 6.84. The number of methoxy groups -OCH3 is 1. The summed E-state index contributed by atoms with van der Waals surface area (Å²) < 4.78 is 15.1. The number of rotatable bonds is 5. The molecule has 2 aromatic heterocycles. The third-order valence-electron chi connectivity index (χ3n) is 4.52. The molecule has 2 aromatic rings. The lowest BCUT2D eigenvalue weighted by atomic mass is 10.0. The minimum Gasteiger partial charge on any atom is -0.481 e. The number of carbonyl (C=O) groups excluding carboxylic acids is 2. The summed E-state index contributed by atoms with van der Waals surface area (Å²) in [6.45, 7) is 3.13. The van der Waals surface area contributed by atoms with Crippen LogP contribution in [-0.4, -0.2) is 59.9 Å². The number of anilines is 1. The molecule has 3 N–H and O–H groups in total. The van der Waals surface area contributed by atoms with Gasteiger partial charge < -0.3 is 29.9 Å². The summed E-state index contributed by atoms with van der Waals surface area (Å²) in [7, 11) is 1.52. The molecule has 10 heteroatoms. The van der Waals surface area contributed by atoms with Crippen LogP contribution in [0.1, 0.15) is 30.1 Å². The number of nitrogens with zero attached hydrogens (tertiary/aromatic N) is 3. The number of pyridine rings is 1. The second-order valence-electron chi connectivity index (χ2n) is 6.29. The average molecular weight is 389 g/mol. The van der Waals surface area contributed by atoms with Crippen molar-refractivity contribution in [3.63, 3.8) is 0 Å². The molecule has 28 heavy (non-hydrogen) atoms. The van der Waals surface area contributed by atoms with Crippen LogP contribution in [0.2, 0.25) is 0 Å². The zero-order valence-corrected chi connectivity index (χ0v) is 15.8. The van der Waals surface area contributed by atoms with Crippen LogP contribution in [0.15, 0.2) is 22.9 Å². The number of hydrogen-bond donors (Lipinski definition) is 2. The normalized spacial score (nSPS) is 14.6.